The minimum Gasteiger partial charge on any atom is -0.396 e. The molecular weight excluding hydrogens is 390 g/mol. The van der Waals surface area contributed by atoms with Crippen molar-refractivity contribution in [2.75, 3.05) is 13.2 Å². The van der Waals surface area contributed by atoms with E-state index in [-0.39, 0.29) is 42.1 Å². The van der Waals surface area contributed by atoms with Crippen LogP contribution in [0.25, 0.3) is 6.08 Å². The molecule has 0 spiro atoms. The Morgan fingerprint density at radius 3 is 2.65 bits per heavy atom. The zero-order chi connectivity index (χ0) is 22.1. The Bertz CT molecular complexity index is 1030. The molecule has 0 unspecified atom stereocenters. The van der Waals surface area contributed by atoms with E-state index >= 15 is 0 Å². The molecule has 4 rings (SSSR count). The van der Waals surface area contributed by atoms with Crippen molar-refractivity contribution in [3.05, 3.63) is 75.7 Å². The fourth-order valence-corrected chi connectivity index (χ4v) is 5.41. The molecule has 1 saturated heterocycles. The number of likely N-dealkylation sites (N-methyl/N-ethyl adjacent to an activating group) is 1. The number of nitrogens with zero attached hydrogens (tertiary/aromatic N) is 2. The molecule has 2 aromatic rings. The lowest BCUT2D eigenvalue weighted by Gasteiger charge is -2.37. The van der Waals surface area contributed by atoms with Crippen LogP contribution in [0.2, 0.25) is 0 Å². The van der Waals surface area contributed by atoms with Crippen LogP contribution in [0.5, 0.6) is 0 Å². The third-order valence-electron chi connectivity index (χ3n) is 6.87. The zero-order valence-electron chi connectivity index (χ0n) is 18.4. The highest BCUT2D eigenvalue weighted by Crippen LogP contribution is 2.48. The van der Waals surface area contributed by atoms with Gasteiger partial charge in [0.2, 0.25) is 5.91 Å². The number of aliphatic hydroxyl groups is 1. The van der Waals surface area contributed by atoms with E-state index in [1.807, 2.05) is 73.0 Å². The molecule has 1 amide bonds. The molecule has 0 aliphatic carbocycles. The molecule has 1 aromatic heterocycles. The van der Waals surface area contributed by atoms with Gasteiger partial charge in [0.15, 0.2) is 0 Å². The highest BCUT2D eigenvalue weighted by atomic mass is 16.3. The maximum atomic E-state index is 13.5. The summed E-state index contributed by atoms with van der Waals surface area (Å²) in [7, 11) is 0. The summed E-state index contributed by atoms with van der Waals surface area (Å²) in [4.78, 5) is 28.9. The van der Waals surface area contributed by atoms with Crippen LogP contribution in [0.15, 0.2) is 53.3 Å². The van der Waals surface area contributed by atoms with Gasteiger partial charge in [0.25, 0.3) is 5.56 Å². The molecule has 5 atom stereocenters. The lowest BCUT2D eigenvalue weighted by Crippen LogP contribution is -2.46. The Balaban J connectivity index is 1.72. The van der Waals surface area contributed by atoms with E-state index in [9.17, 15) is 14.7 Å². The predicted octanol–water partition coefficient (Wildman–Crippen LogP) is 2.74. The minimum absolute atomic E-state index is 0.0308. The highest BCUT2D eigenvalue weighted by Gasteiger charge is 2.55. The summed E-state index contributed by atoms with van der Waals surface area (Å²) in [5.41, 5.74) is 2.52. The van der Waals surface area contributed by atoms with Gasteiger partial charge in [-0.25, -0.2) is 0 Å². The molecule has 2 aliphatic rings. The Morgan fingerprint density at radius 2 is 2.00 bits per heavy atom. The first kappa shape index (κ1) is 21.5. The van der Waals surface area contributed by atoms with Crippen molar-refractivity contribution in [1.82, 2.24) is 14.8 Å². The largest absolute Gasteiger partial charge is 0.396 e. The Kier molecular flexibility index (Phi) is 6.12. The van der Waals surface area contributed by atoms with Crippen molar-refractivity contribution in [2.24, 2.45) is 11.8 Å². The second-order valence-corrected chi connectivity index (χ2v) is 8.49. The number of hydrogen-bond acceptors (Lipinski definition) is 4. The van der Waals surface area contributed by atoms with Gasteiger partial charge in [0.05, 0.1) is 18.0 Å². The highest BCUT2D eigenvalue weighted by molar-refractivity contribution is 5.81. The smallest absolute Gasteiger partial charge is 0.258 e. The Hall–Kier alpha value is -2.70. The topological polar surface area (TPSA) is 74.6 Å². The number of aliphatic hydroxyl groups excluding tert-OH is 1. The van der Waals surface area contributed by atoms with Crippen LogP contribution in [0.4, 0.5) is 0 Å². The molecule has 1 fully saturated rings. The van der Waals surface area contributed by atoms with Crippen molar-refractivity contribution in [2.45, 2.75) is 45.4 Å². The van der Waals surface area contributed by atoms with Gasteiger partial charge in [0.1, 0.15) is 0 Å². The third-order valence-corrected chi connectivity index (χ3v) is 6.87. The first-order valence-electron chi connectivity index (χ1n) is 11.1. The number of amides is 1. The number of carbonyl (C=O) groups is 1. The summed E-state index contributed by atoms with van der Waals surface area (Å²) in [5, 5.41) is 13.4. The lowest BCUT2D eigenvalue weighted by atomic mass is 9.86. The van der Waals surface area contributed by atoms with Gasteiger partial charge in [-0.15, -0.1) is 0 Å². The predicted molar refractivity (Wildman–Crippen MR) is 121 cm³/mol. The summed E-state index contributed by atoms with van der Waals surface area (Å²) in [6, 6.07) is 13.3. The van der Waals surface area contributed by atoms with Gasteiger partial charge in [0, 0.05) is 36.4 Å². The van der Waals surface area contributed by atoms with Gasteiger partial charge in [-0.3, -0.25) is 14.5 Å². The van der Waals surface area contributed by atoms with Gasteiger partial charge in [-0.05, 0) is 38.1 Å². The molecular formula is C25H31N3O3. The molecule has 0 saturated carbocycles. The van der Waals surface area contributed by atoms with Crippen molar-refractivity contribution < 1.29 is 9.90 Å². The van der Waals surface area contributed by atoms with Crippen LogP contribution in [-0.2, 0) is 11.3 Å². The number of aromatic nitrogens is 1. The van der Waals surface area contributed by atoms with Gasteiger partial charge in [-0.2, -0.15) is 0 Å². The quantitative estimate of drug-likeness (QED) is 0.752. The second kappa shape index (κ2) is 8.81. The maximum absolute atomic E-state index is 13.5. The van der Waals surface area contributed by atoms with Crippen LogP contribution in [-0.4, -0.2) is 39.7 Å². The molecule has 0 radical (unpaired) electrons. The van der Waals surface area contributed by atoms with E-state index < -0.39 is 5.92 Å². The summed E-state index contributed by atoms with van der Waals surface area (Å²) in [5.74, 6) is -0.709. The Morgan fingerprint density at radius 1 is 1.26 bits per heavy atom. The molecule has 6 heteroatoms. The van der Waals surface area contributed by atoms with E-state index in [0.29, 0.717) is 12.1 Å². The number of pyridine rings is 1. The van der Waals surface area contributed by atoms with Crippen LogP contribution in [0.1, 0.15) is 49.7 Å². The number of carbonyl (C=O) groups excluding carboxylic acids is 1. The van der Waals surface area contributed by atoms with E-state index in [0.717, 1.165) is 17.8 Å². The van der Waals surface area contributed by atoms with Gasteiger partial charge in [-0.1, -0.05) is 49.4 Å². The minimum atomic E-state index is -0.415. The molecule has 2 N–H and O–H groups in total. The average Bonchev–Trinajstić information content (AvgIpc) is 3.02. The standard InChI is InChI=1S/C25H31N3O3/c1-4-9-18-12-13-20-23-22(24(30)26-16(3)17-10-7-6-8-11-17)19(15-29)21(27(23)5-2)14-28(20)25(18)31/h4,6-13,16,19,21-23,29H,5,14-15H2,1-3H3,(H,26,30)/t16-,19-,21-,22+,23+/m0/s1. The Labute approximate surface area is 183 Å². The van der Waals surface area contributed by atoms with Gasteiger partial charge >= 0.3 is 0 Å². The molecule has 2 aliphatic heterocycles. The monoisotopic (exact) mass is 421 g/mol. The van der Waals surface area contributed by atoms with E-state index in [1.165, 1.54) is 0 Å². The molecule has 3 heterocycles. The van der Waals surface area contributed by atoms with E-state index in [2.05, 4.69) is 17.1 Å². The molecule has 6 nitrogen and oxygen atoms in total. The molecule has 164 valence electrons. The van der Waals surface area contributed by atoms with E-state index in [4.69, 9.17) is 0 Å². The number of hydrogen-bond donors (Lipinski definition) is 2. The van der Waals surface area contributed by atoms with Gasteiger partial charge < -0.3 is 15.0 Å². The first-order chi connectivity index (χ1) is 15.0. The lowest BCUT2D eigenvalue weighted by molar-refractivity contribution is -0.128. The molecule has 1 aromatic carbocycles. The summed E-state index contributed by atoms with van der Waals surface area (Å²) < 4.78 is 1.81. The zero-order valence-corrected chi connectivity index (χ0v) is 18.4. The number of nitrogens with one attached hydrogen (secondary N) is 1. The molecule has 2 bridgehead atoms. The van der Waals surface area contributed by atoms with Crippen LogP contribution < -0.4 is 10.9 Å². The van der Waals surface area contributed by atoms with Crippen LogP contribution in [0.3, 0.4) is 0 Å². The number of fused-ring (bicyclic) bond motifs is 4. The van der Waals surface area contributed by atoms with Crippen molar-refractivity contribution in [3.8, 4) is 0 Å². The molecule has 31 heavy (non-hydrogen) atoms. The van der Waals surface area contributed by atoms with E-state index in [1.54, 1.807) is 0 Å². The average molecular weight is 422 g/mol. The fraction of sp³-hybridized carbons (Fsp3) is 0.440. The number of rotatable bonds is 6. The van der Waals surface area contributed by atoms with Crippen molar-refractivity contribution in [1.29, 1.82) is 0 Å². The number of benzene rings is 1. The second-order valence-electron chi connectivity index (χ2n) is 8.49. The fourth-order valence-electron chi connectivity index (χ4n) is 5.41. The first-order valence-corrected chi connectivity index (χ1v) is 11.1. The third kappa shape index (κ3) is 3.64. The maximum Gasteiger partial charge on any atom is 0.258 e. The van der Waals surface area contributed by atoms with Crippen LogP contribution >= 0.6 is 0 Å². The van der Waals surface area contributed by atoms with Crippen molar-refractivity contribution >= 4 is 12.0 Å². The summed E-state index contributed by atoms with van der Waals surface area (Å²) >= 11 is 0. The number of allylic oxidation sites excluding steroid dienone is 1. The summed E-state index contributed by atoms with van der Waals surface area (Å²) in [6.07, 6.45) is 3.68. The summed E-state index contributed by atoms with van der Waals surface area (Å²) in [6.45, 7) is 7.11. The van der Waals surface area contributed by atoms with Crippen molar-refractivity contribution in [3.63, 3.8) is 0 Å². The SMILES string of the molecule is CC=Cc1ccc2n(c1=O)C[C@H]1[C@H](CO)[C@@H](C(=O)N[C@@H](C)c3ccccc3)[C@@H]2N1CC. The normalized spacial score (nSPS) is 26.1. The van der Waals surface area contributed by atoms with Crippen LogP contribution in [0, 0.1) is 11.8 Å².